The van der Waals surface area contributed by atoms with Crippen molar-refractivity contribution in [3.05, 3.63) is 17.6 Å². The Morgan fingerprint density at radius 3 is 2.82 bits per heavy atom. The largest absolute Gasteiger partial charge is 0.414 e. The molecular weight excluding hydrogens is 257 g/mol. The van der Waals surface area contributed by atoms with Crippen LogP contribution in [0.2, 0.25) is 0 Å². The van der Waals surface area contributed by atoms with Crippen LogP contribution in [0.4, 0.5) is 0 Å². The van der Waals surface area contributed by atoms with Crippen molar-refractivity contribution in [1.82, 2.24) is 9.97 Å². The van der Waals surface area contributed by atoms with Gasteiger partial charge in [0.25, 0.3) is 0 Å². The van der Waals surface area contributed by atoms with E-state index in [4.69, 9.17) is 26.4 Å². The van der Waals surface area contributed by atoms with Gasteiger partial charge in [-0.2, -0.15) is 4.98 Å². The Balaban J connectivity index is 2.17. The van der Waals surface area contributed by atoms with Crippen LogP contribution in [-0.4, -0.2) is 16.6 Å². The minimum atomic E-state index is -2.72. The molecule has 0 saturated heterocycles. The zero-order chi connectivity index (χ0) is 12.5. The van der Waals surface area contributed by atoms with E-state index in [0.29, 0.717) is 18.4 Å². The highest BCUT2D eigenvalue weighted by Crippen LogP contribution is 2.42. The summed E-state index contributed by atoms with van der Waals surface area (Å²) in [6.45, 7) is 1.45. The SMILES string of the molecule is CCOP(N)(=S)Oc1cc(C)nc(C2CC2)n1. The highest BCUT2D eigenvalue weighted by atomic mass is 32.5. The third-order valence-electron chi connectivity index (χ3n) is 2.32. The van der Waals surface area contributed by atoms with Gasteiger partial charge in [0.2, 0.25) is 5.88 Å². The van der Waals surface area contributed by atoms with Crippen molar-refractivity contribution in [1.29, 1.82) is 0 Å². The molecule has 94 valence electrons. The monoisotopic (exact) mass is 273 g/mol. The third-order valence-corrected chi connectivity index (χ3v) is 3.92. The Hall–Kier alpha value is -0.550. The normalized spacial score (nSPS) is 18.8. The lowest BCUT2D eigenvalue weighted by atomic mass is 10.3. The molecule has 1 aromatic rings. The molecule has 0 bridgehead atoms. The number of hydrogen-bond donors (Lipinski definition) is 1. The lowest BCUT2D eigenvalue weighted by Crippen LogP contribution is -2.08. The number of hydrogen-bond acceptors (Lipinski definition) is 5. The topological polar surface area (TPSA) is 70.3 Å². The van der Waals surface area contributed by atoms with Gasteiger partial charge in [-0.25, -0.2) is 10.5 Å². The fraction of sp³-hybridized carbons (Fsp3) is 0.600. The Bertz CT molecular complexity index is 465. The molecule has 1 fully saturated rings. The van der Waals surface area contributed by atoms with Crippen molar-refractivity contribution < 1.29 is 9.05 Å². The summed E-state index contributed by atoms with van der Waals surface area (Å²) in [5.41, 5.74) is 6.64. The number of nitrogens with zero attached hydrogens (tertiary/aromatic N) is 2. The Labute approximate surface area is 106 Å². The van der Waals surface area contributed by atoms with Crippen LogP contribution < -0.4 is 10.0 Å². The molecule has 1 heterocycles. The van der Waals surface area contributed by atoms with Gasteiger partial charge in [-0.1, -0.05) is 0 Å². The van der Waals surface area contributed by atoms with Crippen LogP contribution in [0.1, 0.15) is 37.2 Å². The molecule has 1 atom stereocenters. The second-order valence-electron chi connectivity index (χ2n) is 4.03. The first-order valence-corrected chi connectivity index (χ1v) is 8.29. The summed E-state index contributed by atoms with van der Waals surface area (Å²) in [5, 5.41) is 0. The van der Waals surface area contributed by atoms with Gasteiger partial charge in [-0.15, -0.1) is 0 Å². The van der Waals surface area contributed by atoms with E-state index < -0.39 is 6.64 Å². The van der Waals surface area contributed by atoms with Crippen LogP contribution in [0.3, 0.4) is 0 Å². The second kappa shape index (κ2) is 4.98. The van der Waals surface area contributed by atoms with Crippen LogP contribution in [0.25, 0.3) is 0 Å². The molecule has 0 spiro atoms. The molecule has 5 nitrogen and oxygen atoms in total. The van der Waals surface area contributed by atoms with Crippen LogP contribution in [0.5, 0.6) is 5.88 Å². The van der Waals surface area contributed by atoms with Gasteiger partial charge < -0.3 is 9.05 Å². The third kappa shape index (κ3) is 3.71. The average molecular weight is 273 g/mol. The molecule has 1 aliphatic carbocycles. The maximum atomic E-state index is 5.77. The molecule has 1 aliphatic rings. The Morgan fingerprint density at radius 1 is 1.53 bits per heavy atom. The molecule has 1 aromatic heterocycles. The molecule has 0 radical (unpaired) electrons. The molecule has 0 aliphatic heterocycles. The highest BCUT2D eigenvalue weighted by Gasteiger charge is 2.27. The zero-order valence-corrected chi connectivity index (χ0v) is 11.6. The molecule has 0 aromatic carbocycles. The standard InChI is InChI=1S/C10H16N3O2PS/c1-3-14-16(11,17)15-9-6-7(2)12-10(13-9)8-4-5-8/h6,8H,3-5H2,1-2H3,(H2,11,17). The maximum absolute atomic E-state index is 5.77. The Morgan fingerprint density at radius 2 is 2.24 bits per heavy atom. The van der Waals surface area contributed by atoms with Crippen molar-refractivity contribution in [3.8, 4) is 5.88 Å². The van der Waals surface area contributed by atoms with E-state index in [9.17, 15) is 0 Å². The van der Waals surface area contributed by atoms with Crippen LogP contribution in [-0.2, 0) is 16.3 Å². The van der Waals surface area contributed by atoms with Crippen molar-refractivity contribution in [2.45, 2.75) is 32.6 Å². The first-order chi connectivity index (χ1) is 8.00. The second-order valence-corrected chi connectivity index (χ2v) is 7.08. The summed E-state index contributed by atoms with van der Waals surface area (Å²) in [7, 11) is 0. The highest BCUT2D eigenvalue weighted by molar-refractivity contribution is 8.08. The minimum absolute atomic E-state index is 0.429. The molecule has 2 rings (SSSR count). The maximum Gasteiger partial charge on any atom is 0.311 e. The van der Waals surface area contributed by atoms with Gasteiger partial charge in [0.15, 0.2) is 0 Å². The van der Waals surface area contributed by atoms with E-state index in [-0.39, 0.29) is 0 Å². The fourth-order valence-electron chi connectivity index (χ4n) is 1.47. The molecule has 17 heavy (non-hydrogen) atoms. The van der Waals surface area contributed by atoms with E-state index in [1.807, 2.05) is 13.8 Å². The van der Waals surface area contributed by atoms with Gasteiger partial charge >= 0.3 is 6.64 Å². The van der Waals surface area contributed by atoms with E-state index in [0.717, 1.165) is 24.4 Å². The predicted molar refractivity (Wildman–Crippen MR) is 69.5 cm³/mol. The summed E-state index contributed by atoms with van der Waals surface area (Å²) in [5.74, 6) is 1.73. The smallest absolute Gasteiger partial charge is 0.311 e. The van der Waals surface area contributed by atoms with Gasteiger partial charge in [0.05, 0.1) is 6.61 Å². The number of aryl methyl sites for hydroxylation is 1. The van der Waals surface area contributed by atoms with E-state index in [1.54, 1.807) is 6.07 Å². The molecule has 0 amide bonds. The number of nitrogens with two attached hydrogens (primary N) is 1. The summed E-state index contributed by atoms with van der Waals surface area (Å²) < 4.78 is 10.7. The lowest BCUT2D eigenvalue weighted by molar-refractivity contribution is 0.328. The molecule has 1 saturated carbocycles. The molecule has 2 N–H and O–H groups in total. The molecule has 1 unspecified atom stereocenters. The van der Waals surface area contributed by atoms with E-state index >= 15 is 0 Å². The van der Waals surface area contributed by atoms with E-state index in [1.165, 1.54) is 0 Å². The summed E-state index contributed by atoms with van der Waals surface area (Å²) in [6.07, 6.45) is 2.29. The van der Waals surface area contributed by atoms with Gasteiger partial charge in [0, 0.05) is 17.7 Å². The predicted octanol–water partition coefficient (Wildman–Crippen LogP) is 2.26. The minimum Gasteiger partial charge on any atom is -0.414 e. The van der Waals surface area contributed by atoms with Gasteiger partial charge in [-0.05, 0) is 38.5 Å². The van der Waals surface area contributed by atoms with E-state index in [2.05, 4.69) is 9.97 Å². The molecule has 7 heteroatoms. The van der Waals surface area contributed by atoms with Gasteiger partial charge in [0.1, 0.15) is 5.82 Å². The van der Waals surface area contributed by atoms with Gasteiger partial charge in [-0.3, -0.25) is 0 Å². The number of rotatable bonds is 5. The van der Waals surface area contributed by atoms with Crippen LogP contribution >= 0.6 is 6.64 Å². The van der Waals surface area contributed by atoms with Crippen LogP contribution in [0, 0.1) is 6.92 Å². The first kappa shape index (κ1) is 12.9. The summed E-state index contributed by atoms with van der Waals surface area (Å²) >= 11 is 5.08. The lowest BCUT2D eigenvalue weighted by Gasteiger charge is -2.16. The van der Waals surface area contributed by atoms with Crippen LogP contribution in [0.15, 0.2) is 6.07 Å². The van der Waals surface area contributed by atoms with Crippen molar-refractivity contribution >= 4 is 18.4 Å². The first-order valence-electron chi connectivity index (χ1n) is 5.58. The number of aromatic nitrogens is 2. The zero-order valence-electron chi connectivity index (χ0n) is 9.92. The summed E-state index contributed by atoms with van der Waals surface area (Å²) in [6, 6.07) is 1.73. The quantitative estimate of drug-likeness (QED) is 0.830. The van der Waals surface area contributed by atoms with Crippen molar-refractivity contribution in [2.24, 2.45) is 5.50 Å². The molecular formula is C10H16N3O2PS. The van der Waals surface area contributed by atoms with Crippen molar-refractivity contribution in [3.63, 3.8) is 0 Å². The van der Waals surface area contributed by atoms with Crippen molar-refractivity contribution in [2.75, 3.05) is 6.61 Å². The average Bonchev–Trinajstić information content (AvgIpc) is 2.97. The fourth-order valence-corrected chi connectivity index (χ4v) is 2.78. The summed E-state index contributed by atoms with van der Waals surface area (Å²) in [4.78, 5) is 8.71. The Kier molecular flexibility index (Phi) is 3.78.